The SMILES string of the molecule is CCNC(=O)N1CCC[C@H](c2cccc(C(=O)NCCN3CCCC[C@H]3C)c2)C1. The Kier molecular flexibility index (Phi) is 7.92. The zero-order valence-corrected chi connectivity index (χ0v) is 18.0. The average Bonchev–Trinajstić information content (AvgIpc) is 2.75. The molecule has 2 atom stereocenters. The van der Waals surface area contributed by atoms with E-state index in [1.807, 2.05) is 30.0 Å². The first-order valence-electron chi connectivity index (χ1n) is 11.2. The first-order valence-corrected chi connectivity index (χ1v) is 11.2. The van der Waals surface area contributed by atoms with E-state index in [9.17, 15) is 9.59 Å². The van der Waals surface area contributed by atoms with Gasteiger partial charge >= 0.3 is 6.03 Å². The van der Waals surface area contributed by atoms with E-state index < -0.39 is 0 Å². The summed E-state index contributed by atoms with van der Waals surface area (Å²) in [4.78, 5) is 29.2. The van der Waals surface area contributed by atoms with Crippen molar-refractivity contribution in [1.82, 2.24) is 20.4 Å². The molecule has 3 amide bonds. The number of rotatable bonds is 6. The van der Waals surface area contributed by atoms with Crippen LogP contribution in [0, 0.1) is 0 Å². The summed E-state index contributed by atoms with van der Waals surface area (Å²) in [6.07, 6.45) is 5.87. The highest BCUT2D eigenvalue weighted by molar-refractivity contribution is 5.94. The zero-order valence-electron chi connectivity index (χ0n) is 18.0. The summed E-state index contributed by atoms with van der Waals surface area (Å²) < 4.78 is 0. The number of carbonyl (C=O) groups is 2. The van der Waals surface area contributed by atoms with Gasteiger partial charge in [0.2, 0.25) is 0 Å². The Morgan fingerprint density at radius 2 is 1.97 bits per heavy atom. The van der Waals surface area contributed by atoms with Crippen molar-refractivity contribution in [3.63, 3.8) is 0 Å². The van der Waals surface area contributed by atoms with Crippen molar-refractivity contribution < 1.29 is 9.59 Å². The van der Waals surface area contributed by atoms with Crippen molar-refractivity contribution in [2.45, 2.75) is 57.9 Å². The Labute approximate surface area is 175 Å². The Morgan fingerprint density at radius 1 is 1.10 bits per heavy atom. The van der Waals surface area contributed by atoms with Crippen molar-refractivity contribution in [3.8, 4) is 0 Å². The summed E-state index contributed by atoms with van der Waals surface area (Å²) in [6, 6.07) is 8.55. The van der Waals surface area contributed by atoms with Crippen molar-refractivity contribution in [1.29, 1.82) is 0 Å². The fourth-order valence-corrected chi connectivity index (χ4v) is 4.54. The quantitative estimate of drug-likeness (QED) is 0.771. The maximum atomic E-state index is 12.7. The topological polar surface area (TPSA) is 64.7 Å². The number of benzene rings is 1. The van der Waals surface area contributed by atoms with Gasteiger partial charge in [-0.3, -0.25) is 9.69 Å². The summed E-state index contributed by atoms with van der Waals surface area (Å²) >= 11 is 0. The summed E-state index contributed by atoms with van der Waals surface area (Å²) in [5.74, 6) is 0.279. The fourth-order valence-electron chi connectivity index (χ4n) is 4.54. The molecule has 0 unspecified atom stereocenters. The number of amides is 3. The molecule has 160 valence electrons. The molecule has 0 aromatic heterocycles. The molecular formula is C23H36N4O2. The monoisotopic (exact) mass is 400 g/mol. The maximum absolute atomic E-state index is 12.7. The molecule has 6 heteroatoms. The Balaban J connectivity index is 1.54. The van der Waals surface area contributed by atoms with Gasteiger partial charge in [-0.15, -0.1) is 0 Å². The second-order valence-electron chi connectivity index (χ2n) is 8.38. The van der Waals surface area contributed by atoms with Crippen LogP contribution >= 0.6 is 0 Å². The van der Waals surface area contributed by atoms with Crippen LogP contribution < -0.4 is 10.6 Å². The number of nitrogens with zero attached hydrogens (tertiary/aromatic N) is 2. The standard InChI is InChI=1S/C23H36N4O2/c1-3-24-23(29)27-14-7-11-21(17-27)19-9-6-10-20(16-19)22(28)25-12-15-26-13-5-4-8-18(26)2/h6,9-10,16,18,21H,3-5,7-8,11-15,17H2,1-2H3,(H,24,29)(H,25,28)/t18-,21+/m1/s1. The Morgan fingerprint density at radius 3 is 2.76 bits per heavy atom. The minimum atomic E-state index is -0.00657. The van der Waals surface area contributed by atoms with Crippen LogP contribution in [-0.2, 0) is 0 Å². The van der Waals surface area contributed by atoms with E-state index in [0.717, 1.165) is 38.0 Å². The van der Waals surface area contributed by atoms with E-state index in [1.54, 1.807) is 0 Å². The summed E-state index contributed by atoms with van der Waals surface area (Å²) in [7, 11) is 0. The number of nitrogens with one attached hydrogen (secondary N) is 2. The first kappa shape index (κ1) is 21.6. The molecule has 0 aliphatic carbocycles. The van der Waals surface area contributed by atoms with Gasteiger partial charge in [0.15, 0.2) is 0 Å². The molecule has 0 radical (unpaired) electrons. The molecule has 2 aliphatic heterocycles. The normalized spacial score (nSPS) is 22.9. The van der Waals surface area contributed by atoms with Crippen LogP contribution in [0.1, 0.15) is 67.8 Å². The molecular weight excluding hydrogens is 364 g/mol. The van der Waals surface area contributed by atoms with Gasteiger partial charge in [-0.1, -0.05) is 18.6 Å². The maximum Gasteiger partial charge on any atom is 0.317 e. The smallest absolute Gasteiger partial charge is 0.317 e. The van der Waals surface area contributed by atoms with Gasteiger partial charge < -0.3 is 15.5 Å². The third-order valence-corrected chi connectivity index (χ3v) is 6.28. The number of hydrogen-bond acceptors (Lipinski definition) is 3. The van der Waals surface area contributed by atoms with Gasteiger partial charge in [0.25, 0.3) is 5.91 Å². The largest absolute Gasteiger partial charge is 0.351 e. The highest BCUT2D eigenvalue weighted by Crippen LogP contribution is 2.27. The number of urea groups is 1. The molecule has 2 N–H and O–H groups in total. The van der Waals surface area contributed by atoms with Gasteiger partial charge in [-0.25, -0.2) is 4.79 Å². The van der Waals surface area contributed by atoms with Gasteiger partial charge in [-0.2, -0.15) is 0 Å². The minimum absolute atomic E-state index is 0.00657. The van der Waals surface area contributed by atoms with E-state index in [-0.39, 0.29) is 17.9 Å². The second-order valence-corrected chi connectivity index (χ2v) is 8.38. The van der Waals surface area contributed by atoms with Crippen molar-refractivity contribution in [3.05, 3.63) is 35.4 Å². The van der Waals surface area contributed by atoms with Crippen molar-refractivity contribution in [2.75, 3.05) is 39.3 Å². The number of piperidine rings is 2. The van der Waals surface area contributed by atoms with Gasteiger partial charge in [-0.05, 0) is 63.8 Å². The molecule has 0 saturated carbocycles. The van der Waals surface area contributed by atoms with Gasteiger partial charge in [0, 0.05) is 50.2 Å². The lowest BCUT2D eigenvalue weighted by molar-refractivity contribution is 0.0938. The molecule has 2 heterocycles. The molecule has 3 rings (SSSR count). The van der Waals surface area contributed by atoms with Crippen LogP contribution in [0.25, 0.3) is 0 Å². The van der Waals surface area contributed by atoms with E-state index in [0.29, 0.717) is 31.2 Å². The molecule has 0 bridgehead atoms. The fraction of sp³-hybridized carbons (Fsp3) is 0.652. The molecule has 2 aliphatic rings. The van der Waals surface area contributed by atoms with E-state index >= 15 is 0 Å². The molecule has 2 saturated heterocycles. The minimum Gasteiger partial charge on any atom is -0.351 e. The highest BCUT2D eigenvalue weighted by Gasteiger charge is 2.25. The number of hydrogen-bond donors (Lipinski definition) is 2. The molecule has 6 nitrogen and oxygen atoms in total. The van der Waals surface area contributed by atoms with Crippen LogP contribution in [0.5, 0.6) is 0 Å². The lowest BCUT2D eigenvalue weighted by Crippen LogP contribution is -2.44. The van der Waals surface area contributed by atoms with Crippen LogP contribution in [0.15, 0.2) is 24.3 Å². The highest BCUT2D eigenvalue weighted by atomic mass is 16.2. The molecule has 1 aromatic carbocycles. The average molecular weight is 401 g/mol. The zero-order chi connectivity index (χ0) is 20.6. The number of likely N-dealkylation sites (tertiary alicyclic amines) is 2. The third kappa shape index (κ3) is 5.95. The van der Waals surface area contributed by atoms with Gasteiger partial charge in [0.05, 0.1) is 0 Å². The summed E-state index contributed by atoms with van der Waals surface area (Å²) in [5, 5.41) is 5.97. The Hall–Kier alpha value is -2.08. The number of carbonyl (C=O) groups excluding carboxylic acids is 2. The molecule has 29 heavy (non-hydrogen) atoms. The second kappa shape index (κ2) is 10.6. The molecule has 2 fully saturated rings. The summed E-state index contributed by atoms with van der Waals surface area (Å²) in [5.41, 5.74) is 1.86. The van der Waals surface area contributed by atoms with Crippen LogP contribution in [-0.4, -0.2) is 67.0 Å². The predicted molar refractivity (Wildman–Crippen MR) is 116 cm³/mol. The first-order chi connectivity index (χ1) is 14.1. The molecule has 1 aromatic rings. The lowest BCUT2D eigenvalue weighted by Gasteiger charge is -2.33. The molecule has 0 spiro atoms. The van der Waals surface area contributed by atoms with E-state index in [4.69, 9.17) is 0 Å². The third-order valence-electron chi connectivity index (χ3n) is 6.28. The lowest BCUT2D eigenvalue weighted by atomic mass is 9.89. The van der Waals surface area contributed by atoms with Crippen LogP contribution in [0.2, 0.25) is 0 Å². The van der Waals surface area contributed by atoms with Crippen LogP contribution in [0.3, 0.4) is 0 Å². The summed E-state index contributed by atoms with van der Waals surface area (Å²) in [6.45, 7) is 9.11. The van der Waals surface area contributed by atoms with Gasteiger partial charge in [0.1, 0.15) is 0 Å². The van der Waals surface area contributed by atoms with Crippen molar-refractivity contribution >= 4 is 11.9 Å². The predicted octanol–water partition coefficient (Wildman–Crippen LogP) is 3.20. The van der Waals surface area contributed by atoms with E-state index in [2.05, 4.69) is 28.5 Å². The van der Waals surface area contributed by atoms with E-state index in [1.165, 1.54) is 19.3 Å². The Bertz CT molecular complexity index is 693. The van der Waals surface area contributed by atoms with Crippen LogP contribution in [0.4, 0.5) is 4.79 Å². The van der Waals surface area contributed by atoms with Crippen molar-refractivity contribution in [2.24, 2.45) is 0 Å².